The number of amides is 2. The lowest BCUT2D eigenvalue weighted by molar-refractivity contribution is -0.120. The van der Waals surface area contributed by atoms with Crippen molar-refractivity contribution in [2.45, 2.75) is 13.0 Å². The first-order valence-corrected chi connectivity index (χ1v) is 8.73. The molecule has 0 saturated heterocycles. The van der Waals surface area contributed by atoms with Crippen molar-refractivity contribution in [2.75, 3.05) is 6.54 Å². The van der Waals surface area contributed by atoms with Gasteiger partial charge in [0.25, 0.3) is 5.91 Å². The lowest BCUT2D eigenvalue weighted by atomic mass is 9.99. The number of carbonyl (C=O) groups is 2. The highest BCUT2D eigenvalue weighted by molar-refractivity contribution is 5.97. The number of rotatable bonds is 6. The molecule has 136 valence electrons. The number of pyridine rings is 1. The highest BCUT2D eigenvalue weighted by Crippen LogP contribution is 2.21. The minimum atomic E-state index is -0.313. The second kappa shape index (κ2) is 8.76. The van der Waals surface area contributed by atoms with Crippen molar-refractivity contribution in [1.29, 1.82) is 0 Å². The summed E-state index contributed by atoms with van der Waals surface area (Å²) in [5, 5.41) is 5.66. The molecule has 0 saturated carbocycles. The van der Waals surface area contributed by atoms with Crippen LogP contribution < -0.4 is 10.6 Å². The van der Waals surface area contributed by atoms with E-state index in [4.69, 9.17) is 0 Å². The van der Waals surface area contributed by atoms with Gasteiger partial charge in [0.2, 0.25) is 5.91 Å². The zero-order valence-electron chi connectivity index (χ0n) is 15.1. The molecule has 0 atom stereocenters. The van der Waals surface area contributed by atoms with Gasteiger partial charge in [-0.1, -0.05) is 60.7 Å². The first kappa shape index (κ1) is 18.3. The number of aromatic nitrogens is 1. The van der Waals surface area contributed by atoms with Gasteiger partial charge in [0.1, 0.15) is 0 Å². The van der Waals surface area contributed by atoms with Crippen molar-refractivity contribution in [3.8, 4) is 0 Å². The summed E-state index contributed by atoms with van der Waals surface area (Å²) in [6, 6.07) is 21.0. The van der Waals surface area contributed by atoms with Crippen molar-refractivity contribution in [1.82, 2.24) is 15.6 Å². The van der Waals surface area contributed by atoms with Crippen molar-refractivity contribution < 1.29 is 9.59 Å². The van der Waals surface area contributed by atoms with Crippen LogP contribution in [0, 0.1) is 6.92 Å². The normalized spacial score (nSPS) is 10.4. The third kappa shape index (κ3) is 4.79. The summed E-state index contributed by atoms with van der Waals surface area (Å²) in [7, 11) is 0. The van der Waals surface area contributed by atoms with Gasteiger partial charge in [-0.3, -0.25) is 14.6 Å². The van der Waals surface area contributed by atoms with Gasteiger partial charge in [0, 0.05) is 12.4 Å². The first-order valence-electron chi connectivity index (χ1n) is 8.73. The van der Waals surface area contributed by atoms with Crippen LogP contribution in [0.3, 0.4) is 0 Å². The lowest BCUT2D eigenvalue weighted by Gasteiger charge is -2.20. The maximum Gasteiger partial charge on any atom is 0.253 e. The lowest BCUT2D eigenvalue weighted by Crippen LogP contribution is -2.39. The number of benzene rings is 2. The second-order valence-corrected chi connectivity index (χ2v) is 6.20. The molecule has 5 nitrogen and oxygen atoms in total. The molecule has 0 aliphatic rings. The first-order chi connectivity index (χ1) is 13.1. The SMILES string of the molecule is Cc1ccncc1C(=O)NCC(=O)NC(c1ccccc1)c1ccccc1. The predicted molar refractivity (Wildman–Crippen MR) is 104 cm³/mol. The summed E-state index contributed by atoms with van der Waals surface area (Å²) in [6.45, 7) is 1.72. The second-order valence-electron chi connectivity index (χ2n) is 6.20. The van der Waals surface area contributed by atoms with E-state index in [0.717, 1.165) is 16.7 Å². The van der Waals surface area contributed by atoms with Crippen LogP contribution in [-0.4, -0.2) is 23.3 Å². The number of hydrogen-bond acceptors (Lipinski definition) is 3. The number of aryl methyl sites for hydroxylation is 1. The topological polar surface area (TPSA) is 71.1 Å². The molecule has 2 amide bonds. The molecule has 0 fully saturated rings. The molecule has 0 aliphatic heterocycles. The van der Waals surface area contributed by atoms with E-state index in [-0.39, 0.29) is 24.4 Å². The number of hydrogen-bond donors (Lipinski definition) is 2. The van der Waals surface area contributed by atoms with Crippen LogP contribution in [0.1, 0.15) is 33.1 Å². The fourth-order valence-electron chi connectivity index (χ4n) is 2.82. The van der Waals surface area contributed by atoms with Crippen molar-refractivity contribution in [2.24, 2.45) is 0 Å². The van der Waals surface area contributed by atoms with E-state index < -0.39 is 0 Å². The molecule has 3 aromatic rings. The van der Waals surface area contributed by atoms with E-state index in [1.54, 1.807) is 12.3 Å². The van der Waals surface area contributed by atoms with Crippen LogP contribution in [0.25, 0.3) is 0 Å². The summed E-state index contributed by atoms with van der Waals surface area (Å²) >= 11 is 0. The molecule has 2 aromatic carbocycles. The molecule has 2 N–H and O–H groups in total. The fraction of sp³-hybridized carbons (Fsp3) is 0.136. The highest BCUT2D eigenvalue weighted by Gasteiger charge is 2.17. The van der Waals surface area contributed by atoms with Gasteiger partial charge in [-0.15, -0.1) is 0 Å². The molecular weight excluding hydrogens is 338 g/mol. The molecule has 1 heterocycles. The summed E-state index contributed by atoms with van der Waals surface area (Å²) in [4.78, 5) is 28.7. The molecule has 27 heavy (non-hydrogen) atoms. The van der Waals surface area contributed by atoms with Gasteiger partial charge in [0.05, 0.1) is 18.2 Å². The van der Waals surface area contributed by atoms with Gasteiger partial charge < -0.3 is 10.6 Å². The largest absolute Gasteiger partial charge is 0.344 e. The Hall–Kier alpha value is -3.47. The van der Waals surface area contributed by atoms with Crippen LogP contribution >= 0.6 is 0 Å². The molecule has 0 unspecified atom stereocenters. The highest BCUT2D eigenvalue weighted by atomic mass is 16.2. The summed E-state index contributed by atoms with van der Waals surface area (Å²) in [5.74, 6) is -0.575. The third-order valence-corrected chi connectivity index (χ3v) is 4.26. The van der Waals surface area contributed by atoms with Crippen LogP contribution in [-0.2, 0) is 4.79 Å². The van der Waals surface area contributed by atoms with Crippen molar-refractivity contribution >= 4 is 11.8 Å². The molecule has 3 rings (SSSR count). The van der Waals surface area contributed by atoms with E-state index in [0.29, 0.717) is 5.56 Å². The average molecular weight is 359 g/mol. The van der Waals surface area contributed by atoms with E-state index in [1.165, 1.54) is 6.20 Å². The summed E-state index contributed by atoms with van der Waals surface area (Å²) < 4.78 is 0. The Labute approximate surface area is 158 Å². The van der Waals surface area contributed by atoms with E-state index in [9.17, 15) is 9.59 Å². The van der Waals surface area contributed by atoms with E-state index >= 15 is 0 Å². The minimum Gasteiger partial charge on any atom is -0.344 e. The van der Waals surface area contributed by atoms with Gasteiger partial charge in [-0.25, -0.2) is 0 Å². The average Bonchev–Trinajstić information content (AvgIpc) is 2.72. The Kier molecular flexibility index (Phi) is 5.94. The molecule has 1 aromatic heterocycles. The Morgan fingerprint density at radius 1 is 0.926 bits per heavy atom. The molecule has 0 bridgehead atoms. The van der Waals surface area contributed by atoms with Crippen LogP contribution in [0.4, 0.5) is 0 Å². The molecule has 0 spiro atoms. The Morgan fingerprint density at radius 3 is 2.07 bits per heavy atom. The standard InChI is InChI=1S/C22H21N3O2/c1-16-12-13-23-14-19(16)22(27)24-15-20(26)25-21(17-8-4-2-5-9-17)18-10-6-3-7-11-18/h2-14,21H,15H2,1H3,(H,24,27)(H,25,26). The third-order valence-electron chi connectivity index (χ3n) is 4.26. The fourth-order valence-corrected chi connectivity index (χ4v) is 2.82. The number of nitrogens with zero attached hydrogens (tertiary/aromatic N) is 1. The van der Waals surface area contributed by atoms with Crippen LogP contribution in [0.2, 0.25) is 0 Å². The molecule has 0 aliphatic carbocycles. The Morgan fingerprint density at radius 2 is 1.52 bits per heavy atom. The van der Waals surface area contributed by atoms with Gasteiger partial charge in [-0.2, -0.15) is 0 Å². The number of nitrogens with one attached hydrogen (secondary N) is 2. The van der Waals surface area contributed by atoms with Crippen molar-refractivity contribution in [3.05, 3.63) is 101 Å². The monoisotopic (exact) mass is 359 g/mol. The zero-order valence-corrected chi connectivity index (χ0v) is 15.1. The van der Waals surface area contributed by atoms with Crippen molar-refractivity contribution in [3.63, 3.8) is 0 Å². The smallest absolute Gasteiger partial charge is 0.253 e. The minimum absolute atomic E-state index is 0.108. The van der Waals surface area contributed by atoms with Crippen LogP contribution in [0.5, 0.6) is 0 Å². The van der Waals surface area contributed by atoms with E-state index in [1.807, 2.05) is 67.6 Å². The van der Waals surface area contributed by atoms with Gasteiger partial charge in [-0.05, 0) is 29.7 Å². The maximum atomic E-state index is 12.5. The van der Waals surface area contributed by atoms with Gasteiger partial charge in [0.15, 0.2) is 0 Å². The molecule has 0 radical (unpaired) electrons. The maximum absolute atomic E-state index is 12.5. The quantitative estimate of drug-likeness (QED) is 0.711. The van der Waals surface area contributed by atoms with Crippen LogP contribution in [0.15, 0.2) is 79.1 Å². The van der Waals surface area contributed by atoms with E-state index in [2.05, 4.69) is 15.6 Å². The molecule has 5 heteroatoms. The summed E-state index contributed by atoms with van der Waals surface area (Å²) in [5.41, 5.74) is 3.24. The Balaban J connectivity index is 1.68. The van der Waals surface area contributed by atoms with Gasteiger partial charge >= 0.3 is 0 Å². The predicted octanol–water partition coefficient (Wildman–Crippen LogP) is 3.03. The summed E-state index contributed by atoms with van der Waals surface area (Å²) in [6.07, 6.45) is 3.13. The Bertz CT molecular complexity index is 872. The zero-order chi connectivity index (χ0) is 19.1. The number of carbonyl (C=O) groups excluding carboxylic acids is 2. The molecular formula is C22H21N3O2.